The van der Waals surface area contributed by atoms with Crippen LogP contribution in [0.15, 0.2) is 0 Å². The minimum Gasteiger partial charge on any atom is -0.394 e. The van der Waals surface area contributed by atoms with Crippen LogP contribution in [-0.2, 0) is 4.74 Å². The Hall–Kier alpha value is 0.650. The molecule has 0 aromatic carbocycles. The van der Waals surface area contributed by atoms with Crippen molar-refractivity contribution in [3.05, 3.63) is 0 Å². The second-order valence-electron chi connectivity index (χ2n) is 2.93. The van der Waals surface area contributed by atoms with Gasteiger partial charge in [0.2, 0.25) is 0 Å². The number of rotatable bonds is 3. The van der Waals surface area contributed by atoms with Crippen LogP contribution in [0.4, 0.5) is 0 Å². The van der Waals surface area contributed by atoms with Crippen LogP contribution in [-0.4, -0.2) is 28.3 Å². The van der Waals surface area contributed by atoms with Crippen molar-refractivity contribution in [1.82, 2.24) is 0 Å². The van der Waals surface area contributed by atoms with Gasteiger partial charge in [0, 0.05) is 3.92 Å². The van der Waals surface area contributed by atoms with E-state index in [0.29, 0.717) is 16.6 Å². The molecule has 3 heteroatoms. The van der Waals surface area contributed by atoms with Crippen molar-refractivity contribution in [2.24, 2.45) is 0 Å². The van der Waals surface area contributed by atoms with Crippen molar-refractivity contribution >= 4 is 22.6 Å². The molecule has 0 aromatic rings. The van der Waals surface area contributed by atoms with Gasteiger partial charge in [0.15, 0.2) is 0 Å². The van der Waals surface area contributed by atoms with E-state index in [1.807, 2.05) is 0 Å². The molecule has 1 fully saturated rings. The fourth-order valence-corrected chi connectivity index (χ4v) is 2.45. The third kappa shape index (κ3) is 3.25. The quantitative estimate of drug-likeness (QED) is 0.625. The lowest BCUT2D eigenvalue weighted by Crippen LogP contribution is -2.28. The molecule has 66 valence electrons. The first kappa shape index (κ1) is 9.74. The van der Waals surface area contributed by atoms with Crippen molar-refractivity contribution in [2.45, 2.75) is 35.7 Å². The Labute approximate surface area is 81.5 Å². The summed E-state index contributed by atoms with van der Waals surface area (Å²) < 4.78 is 6.15. The highest BCUT2D eigenvalue weighted by Crippen LogP contribution is 2.26. The van der Waals surface area contributed by atoms with E-state index < -0.39 is 0 Å². The van der Waals surface area contributed by atoms with Crippen molar-refractivity contribution in [2.75, 3.05) is 13.2 Å². The lowest BCUT2D eigenvalue weighted by atomic mass is 9.98. The highest BCUT2D eigenvalue weighted by molar-refractivity contribution is 14.1. The van der Waals surface area contributed by atoms with Crippen LogP contribution >= 0.6 is 22.6 Å². The summed E-state index contributed by atoms with van der Waals surface area (Å²) >= 11 is 2.45. The molecule has 0 amide bonds. The summed E-state index contributed by atoms with van der Waals surface area (Å²) in [6, 6.07) is 0. The number of aliphatic hydroxyl groups is 1. The molecule has 0 aromatic heterocycles. The molecule has 0 bridgehead atoms. The van der Waals surface area contributed by atoms with Gasteiger partial charge in [0.25, 0.3) is 0 Å². The predicted octanol–water partition coefficient (Wildman–Crippen LogP) is 1.74. The molecule has 1 aliphatic carbocycles. The summed E-state index contributed by atoms with van der Waals surface area (Å²) in [7, 11) is 0. The summed E-state index contributed by atoms with van der Waals surface area (Å²) in [5, 5.41) is 8.56. The van der Waals surface area contributed by atoms with E-state index in [4.69, 9.17) is 9.84 Å². The zero-order valence-electron chi connectivity index (χ0n) is 6.63. The summed E-state index contributed by atoms with van der Waals surface area (Å²) in [5.41, 5.74) is 0. The molecule has 0 aliphatic heterocycles. The van der Waals surface area contributed by atoms with Gasteiger partial charge < -0.3 is 9.84 Å². The normalized spacial score (nSPS) is 32.2. The molecular weight excluding hydrogens is 255 g/mol. The number of ether oxygens (including phenoxy) is 1. The van der Waals surface area contributed by atoms with E-state index in [-0.39, 0.29) is 6.61 Å². The Bertz CT molecular complexity index is 108. The number of hydrogen-bond acceptors (Lipinski definition) is 2. The molecule has 0 spiro atoms. The van der Waals surface area contributed by atoms with Crippen LogP contribution in [0.1, 0.15) is 25.7 Å². The molecule has 1 saturated carbocycles. The Morgan fingerprint density at radius 1 is 1.36 bits per heavy atom. The van der Waals surface area contributed by atoms with Crippen molar-refractivity contribution in [3.63, 3.8) is 0 Å². The molecular formula is C8H15IO2. The number of hydrogen-bond donors (Lipinski definition) is 1. The maximum atomic E-state index is 8.56. The second-order valence-corrected chi connectivity index (χ2v) is 4.53. The molecule has 0 heterocycles. The molecule has 2 atom stereocenters. The summed E-state index contributed by atoms with van der Waals surface area (Å²) in [6.45, 7) is 0.657. The van der Waals surface area contributed by atoms with Gasteiger partial charge >= 0.3 is 0 Å². The maximum absolute atomic E-state index is 8.56. The van der Waals surface area contributed by atoms with E-state index in [9.17, 15) is 0 Å². The van der Waals surface area contributed by atoms with Crippen LogP contribution in [0, 0.1) is 0 Å². The third-order valence-electron chi connectivity index (χ3n) is 2.05. The van der Waals surface area contributed by atoms with Crippen LogP contribution in [0.3, 0.4) is 0 Å². The average Bonchev–Trinajstić information content (AvgIpc) is 2.03. The predicted molar refractivity (Wildman–Crippen MR) is 53.1 cm³/mol. The zero-order valence-corrected chi connectivity index (χ0v) is 8.79. The number of alkyl halides is 1. The highest BCUT2D eigenvalue weighted by Gasteiger charge is 2.22. The van der Waals surface area contributed by atoms with Crippen molar-refractivity contribution in [3.8, 4) is 0 Å². The molecule has 1 aliphatic rings. The Morgan fingerprint density at radius 3 is 2.73 bits per heavy atom. The summed E-state index contributed by atoms with van der Waals surface area (Å²) in [6.07, 6.45) is 5.48. The summed E-state index contributed by atoms with van der Waals surface area (Å²) in [4.78, 5) is 0. The Balaban J connectivity index is 2.18. The van der Waals surface area contributed by atoms with Crippen molar-refractivity contribution < 1.29 is 9.84 Å². The van der Waals surface area contributed by atoms with Gasteiger partial charge in [-0.15, -0.1) is 0 Å². The Morgan fingerprint density at radius 2 is 2.09 bits per heavy atom. The molecule has 0 saturated heterocycles. The molecule has 1 rings (SSSR count). The highest BCUT2D eigenvalue weighted by atomic mass is 127. The number of halogens is 1. The van der Waals surface area contributed by atoms with E-state index in [0.717, 1.165) is 0 Å². The van der Waals surface area contributed by atoms with Crippen molar-refractivity contribution in [1.29, 1.82) is 0 Å². The summed E-state index contributed by atoms with van der Waals surface area (Å²) in [5.74, 6) is 0. The largest absolute Gasteiger partial charge is 0.394 e. The van der Waals surface area contributed by atoms with Crippen LogP contribution in [0.5, 0.6) is 0 Å². The lowest BCUT2D eigenvalue weighted by Gasteiger charge is -2.27. The van der Waals surface area contributed by atoms with Gasteiger partial charge in [-0.1, -0.05) is 35.4 Å². The monoisotopic (exact) mass is 270 g/mol. The lowest BCUT2D eigenvalue weighted by molar-refractivity contribution is 0.0155. The molecule has 0 radical (unpaired) electrons. The van der Waals surface area contributed by atoms with Gasteiger partial charge in [-0.25, -0.2) is 0 Å². The van der Waals surface area contributed by atoms with Gasteiger partial charge in [-0.05, 0) is 12.8 Å². The van der Waals surface area contributed by atoms with Crippen LogP contribution in [0.25, 0.3) is 0 Å². The molecule has 1 N–H and O–H groups in total. The van der Waals surface area contributed by atoms with E-state index in [2.05, 4.69) is 22.6 Å². The maximum Gasteiger partial charge on any atom is 0.0701 e. The minimum atomic E-state index is 0.153. The van der Waals surface area contributed by atoms with Gasteiger partial charge in [-0.3, -0.25) is 0 Å². The van der Waals surface area contributed by atoms with Gasteiger partial charge in [-0.2, -0.15) is 0 Å². The van der Waals surface area contributed by atoms with E-state index in [1.165, 1.54) is 25.7 Å². The smallest absolute Gasteiger partial charge is 0.0701 e. The van der Waals surface area contributed by atoms with E-state index >= 15 is 0 Å². The SMILES string of the molecule is OCCO[C@@H]1CCCC[C@H]1I. The molecule has 2 nitrogen and oxygen atoms in total. The zero-order chi connectivity index (χ0) is 8.10. The third-order valence-corrected chi connectivity index (χ3v) is 3.47. The molecule has 11 heavy (non-hydrogen) atoms. The van der Waals surface area contributed by atoms with Crippen LogP contribution < -0.4 is 0 Å². The Kier molecular flexibility index (Phi) is 4.71. The fraction of sp³-hybridized carbons (Fsp3) is 1.00. The minimum absolute atomic E-state index is 0.153. The second kappa shape index (κ2) is 5.32. The van der Waals surface area contributed by atoms with Crippen LogP contribution in [0.2, 0.25) is 0 Å². The van der Waals surface area contributed by atoms with E-state index in [1.54, 1.807) is 0 Å². The standard InChI is InChI=1S/C8H15IO2/c9-7-3-1-2-4-8(7)11-6-5-10/h7-8,10H,1-6H2/t7-,8-/m1/s1. The topological polar surface area (TPSA) is 29.5 Å². The molecule has 0 unspecified atom stereocenters. The average molecular weight is 270 g/mol. The van der Waals surface area contributed by atoms with Gasteiger partial charge in [0.1, 0.15) is 0 Å². The first-order valence-corrected chi connectivity index (χ1v) is 5.45. The fourth-order valence-electron chi connectivity index (χ4n) is 1.44. The first-order chi connectivity index (χ1) is 5.34. The van der Waals surface area contributed by atoms with Gasteiger partial charge in [0.05, 0.1) is 19.3 Å². The number of aliphatic hydroxyl groups excluding tert-OH is 1. The first-order valence-electron chi connectivity index (χ1n) is 4.21.